The third-order valence-corrected chi connectivity index (χ3v) is 4.84. The summed E-state index contributed by atoms with van der Waals surface area (Å²) in [6, 6.07) is 10.4. The largest absolute Gasteiger partial charge is 0.355 e. The molecule has 0 radical (unpaired) electrons. The molecule has 1 atom stereocenters. The molecule has 5 nitrogen and oxygen atoms in total. The Labute approximate surface area is 150 Å². The van der Waals surface area contributed by atoms with Gasteiger partial charge in [-0.2, -0.15) is 5.10 Å². The summed E-state index contributed by atoms with van der Waals surface area (Å²) in [7, 11) is 1.93. The number of hydrogen-bond donors (Lipinski definition) is 1. The number of hydrogen-bond acceptors (Lipinski definition) is 3. The lowest BCUT2D eigenvalue weighted by molar-refractivity contribution is -0.127. The van der Waals surface area contributed by atoms with Crippen molar-refractivity contribution in [2.45, 2.75) is 44.7 Å². The number of nitrogens with zero attached hydrogens (tertiary/aromatic N) is 3. The van der Waals surface area contributed by atoms with Gasteiger partial charge in [-0.3, -0.25) is 14.4 Å². The quantitative estimate of drug-likeness (QED) is 0.788. The van der Waals surface area contributed by atoms with Gasteiger partial charge < -0.3 is 5.32 Å². The Morgan fingerprint density at radius 2 is 2.08 bits per heavy atom. The van der Waals surface area contributed by atoms with Crippen molar-refractivity contribution < 1.29 is 4.79 Å². The molecule has 25 heavy (non-hydrogen) atoms. The number of likely N-dealkylation sites (tertiary alicyclic amines) is 1. The van der Waals surface area contributed by atoms with Gasteiger partial charge in [0, 0.05) is 26.3 Å². The Kier molecular flexibility index (Phi) is 6.23. The molecule has 1 aromatic heterocycles. The van der Waals surface area contributed by atoms with E-state index in [1.165, 1.54) is 17.5 Å². The Morgan fingerprint density at radius 3 is 2.84 bits per heavy atom. The van der Waals surface area contributed by atoms with Crippen LogP contribution in [0, 0.1) is 0 Å². The van der Waals surface area contributed by atoms with Crippen molar-refractivity contribution in [1.82, 2.24) is 20.0 Å². The van der Waals surface area contributed by atoms with E-state index in [2.05, 4.69) is 39.6 Å². The van der Waals surface area contributed by atoms with E-state index in [9.17, 15) is 4.79 Å². The van der Waals surface area contributed by atoms with Gasteiger partial charge in [-0.25, -0.2) is 0 Å². The highest BCUT2D eigenvalue weighted by molar-refractivity contribution is 5.81. The lowest BCUT2D eigenvalue weighted by Crippen LogP contribution is -2.49. The second kappa shape index (κ2) is 8.81. The van der Waals surface area contributed by atoms with Crippen molar-refractivity contribution in [3.63, 3.8) is 0 Å². The lowest BCUT2D eigenvalue weighted by Gasteiger charge is -2.34. The average Bonchev–Trinajstić information content (AvgIpc) is 3.05. The predicted octanol–water partition coefficient (Wildman–Crippen LogP) is 2.52. The fourth-order valence-corrected chi connectivity index (χ4v) is 3.52. The predicted molar refractivity (Wildman–Crippen MR) is 99.0 cm³/mol. The van der Waals surface area contributed by atoms with E-state index in [0.29, 0.717) is 0 Å². The molecule has 0 bridgehead atoms. The van der Waals surface area contributed by atoms with Gasteiger partial charge in [-0.1, -0.05) is 36.8 Å². The second-order valence-corrected chi connectivity index (χ2v) is 6.88. The summed E-state index contributed by atoms with van der Waals surface area (Å²) in [6.07, 6.45) is 9.10. The van der Waals surface area contributed by atoms with Gasteiger partial charge in [0.25, 0.3) is 0 Å². The average molecular weight is 340 g/mol. The minimum Gasteiger partial charge on any atom is -0.355 e. The minimum atomic E-state index is 0.00680. The third kappa shape index (κ3) is 5.16. The first-order valence-corrected chi connectivity index (χ1v) is 9.25. The molecule has 1 aromatic carbocycles. The standard InChI is InChI=1S/C20H28N4O/c1-23-15-18(14-22-23)10-7-12-21-20(25)19-11-5-6-13-24(19)16-17-8-3-2-4-9-17/h2-4,8-9,14-15,19H,5-7,10-13,16H2,1H3,(H,21,25)/t19-/m1/s1. The number of benzene rings is 1. The van der Waals surface area contributed by atoms with Gasteiger partial charge in [0.05, 0.1) is 12.2 Å². The number of aryl methyl sites for hydroxylation is 2. The maximum absolute atomic E-state index is 12.6. The van der Waals surface area contributed by atoms with Crippen molar-refractivity contribution in [2.24, 2.45) is 7.05 Å². The number of piperidine rings is 1. The summed E-state index contributed by atoms with van der Waals surface area (Å²) >= 11 is 0. The first kappa shape index (κ1) is 17.7. The van der Waals surface area contributed by atoms with E-state index in [0.717, 1.165) is 45.3 Å². The first-order chi connectivity index (χ1) is 12.2. The molecule has 134 valence electrons. The summed E-state index contributed by atoms with van der Waals surface area (Å²) < 4.78 is 1.82. The van der Waals surface area contributed by atoms with Crippen LogP contribution in [0.2, 0.25) is 0 Å². The topological polar surface area (TPSA) is 50.2 Å². The molecule has 0 unspecified atom stereocenters. The molecule has 0 saturated carbocycles. The van der Waals surface area contributed by atoms with E-state index in [4.69, 9.17) is 0 Å². The molecule has 1 aliphatic rings. The zero-order valence-electron chi connectivity index (χ0n) is 15.0. The Morgan fingerprint density at radius 1 is 1.24 bits per heavy atom. The number of carbonyl (C=O) groups excluding carboxylic acids is 1. The first-order valence-electron chi connectivity index (χ1n) is 9.25. The molecule has 0 aliphatic carbocycles. The monoisotopic (exact) mass is 340 g/mol. The molecular weight excluding hydrogens is 312 g/mol. The van der Waals surface area contributed by atoms with Crippen LogP contribution >= 0.6 is 0 Å². The summed E-state index contributed by atoms with van der Waals surface area (Å²) in [4.78, 5) is 15.0. The van der Waals surface area contributed by atoms with Crippen LogP contribution in [-0.4, -0.2) is 39.7 Å². The van der Waals surface area contributed by atoms with Crippen molar-refractivity contribution in [2.75, 3.05) is 13.1 Å². The van der Waals surface area contributed by atoms with E-state index in [-0.39, 0.29) is 11.9 Å². The summed E-state index contributed by atoms with van der Waals surface area (Å²) in [5, 5.41) is 7.31. The second-order valence-electron chi connectivity index (χ2n) is 6.88. The van der Waals surface area contributed by atoms with E-state index in [1.54, 1.807) is 0 Å². The van der Waals surface area contributed by atoms with Crippen LogP contribution in [0.15, 0.2) is 42.7 Å². The van der Waals surface area contributed by atoms with Crippen LogP contribution in [-0.2, 0) is 24.8 Å². The highest BCUT2D eigenvalue weighted by Crippen LogP contribution is 2.19. The summed E-state index contributed by atoms with van der Waals surface area (Å²) in [6.45, 7) is 2.58. The maximum atomic E-state index is 12.6. The van der Waals surface area contributed by atoms with Crippen molar-refractivity contribution >= 4 is 5.91 Å². The van der Waals surface area contributed by atoms with Crippen molar-refractivity contribution in [3.05, 3.63) is 53.9 Å². The van der Waals surface area contributed by atoms with Gasteiger partial charge >= 0.3 is 0 Å². The third-order valence-electron chi connectivity index (χ3n) is 4.84. The van der Waals surface area contributed by atoms with Gasteiger partial charge in [0.1, 0.15) is 0 Å². The highest BCUT2D eigenvalue weighted by atomic mass is 16.2. The Balaban J connectivity index is 1.47. The molecule has 2 heterocycles. The Bertz CT molecular complexity index is 667. The number of carbonyl (C=O) groups is 1. The minimum absolute atomic E-state index is 0.00680. The van der Waals surface area contributed by atoms with Crippen LogP contribution in [0.3, 0.4) is 0 Å². The number of nitrogens with one attached hydrogen (secondary N) is 1. The summed E-state index contributed by atoms with van der Waals surface area (Å²) in [5.41, 5.74) is 2.50. The lowest BCUT2D eigenvalue weighted by atomic mass is 10.00. The molecule has 2 aromatic rings. The van der Waals surface area contributed by atoms with Gasteiger partial charge in [0.15, 0.2) is 0 Å². The zero-order valence-corrected chi connectivity index (χ0v) is 15.0. The molecule has 1 fully saturated rings. The van der Waals surface area contributed by atoms with Crippen LogP contribution in [0.4, 0.5) is 0 Å². The van der Waals surface area contributed by atoms with Crippen LogP contribution in [0.1, 0.15) is 36.8 Å². The van der Waals surface area contributed by atoms with Crippen LogP contribution in [0.5, 0.6) is 0 Å². The SMILES string of the molecule is Cn1cc(CCCNC(=O)[C@H]2CCCCN2Cc2ccccc2)cn1. The fraction of sp³-hybridized carbons (Fsp3) is 0.500. The van der Waals surface area contributed by atoms with Gasteiger partial charge in [0.2, 0.25) is 5.91 Å². The highest BCUT2D eigenvalue weighted by Gasteiger charge is 2.28. The van der Waals surface area contributed by atoms with E-state index >= 15 is 0 Å². The summed E-state index contributed by atoms with van der Waals surface area (Å²) in [5.74, 6) is 0.182. The van der Waals surface area contributed by atoms with E-state index < -0.39 is 0 Å². The molecule has 1 amide bonds. The number of amides is 1. The molecular formula is C20H28N4O. The number of rotatable bonds is 7. The van der Waals surface area contributed by atoms with Crippen molar-refractivity contribution in [1.29, 1.82) is 0 Å². The van der Waals surface area contributed by atoms with E-state index in [1.807, 2.05) is 30.2 Å². The van der Waals surface area contributed by atoms with Crippen LogP contribution in [0.25, 0.3) is 0 Å². The molecule has 3 rings (SSSR count). The molecule has 1 saturated heterocycles. The fourth-order valence-electron chi connectivity index (χ4n) is 3.52. The smallest absolute Gasteiger partial charge is 0.237 e. The van der Waals surface area contributed by atoms with Gasteiger partial charge in [-0.05, 0) is 43.4 Å². The zero-order chi connectivity index (χ0) is 17.5. The Hall–Kier alpha value is -2.14. The maximum Gasteiger partial charge on any atom is 0.237 e. The molecule has 0 spiro atoms. The van der Waals surface area contributed by atoms with Gasteiger partial charge in [-0.15, -0.1) is 0 Å². The molecule has 1 aliphatic heterocycles. The molecule has 5 heteroatoms. The molecule has 1 N–H and O–H groups in total. The normalized spacial score (nSPS) is 18.2. The number of aromatic nitrogens is 2. The van der Waals surface area contributed by atoms with Crippen LogP contribution < -0.4 is 5.32 Å². The van der Waals surface area contributed by atoms with Crippen molar-refractivity contribution in [3.8, 4) is 0 Å².